The number of methoxy groups -OCH3 is 2. The normalized spacial score (nSPS) is 13.0. The van der Waals surface area contributed by atoms with Gasteiger partial charge in [-0.3, -0.25) is 9.59 Å². The van der Waals surface area contributed by atoms with Crippen LogP contribution in [0.2, 0.25) is 0 Å². The summed E-state index contributed by atoms with van der Waals surface area (Å²) < 4.78 is 10.5. The second-order valence-electron chi connectivity index (χ2n) is 6.61. The first-order valence-electron chi connectivity index (χ1n) is 9.00. The number of carbonyl (C=O) groups excluding carboxylic acids is 2. The second-order valence-corrected chi connectivity index (χ2v) is 6.61. The van der Waals surface area contributed by atoms with E-state index in [1.165, 1.54) is 0 Å². The van der Waals surface area contributed by atoms with Gasteiger partial charge in [-0.1, -0.05) is 0 Å². The van der Waals surface area contributed by atoms with Crippen LogP contribution in [0.4, 0.5) is 11.4 Å². The van der Waals surface area contributed by atoms with Crippen molar-refractivity contribution in [3.63, 3.8) is 0 Å². The third kappa shape index (κ3) is 5.48. The van der Waals surface area contributed by atoms with E-state index in [-0.39, 0.29) is 17.7 Å². The summed E-state index contributed by atoms with van der Waals surface area (Å²) in [6.45, 7) is 0. The van der Waals surface area contributed by atoms with Crippen LogP contribution in [0.1, 0.15) is 24.8 Å². The van der Waals surface area contributed by atoms with Crippen molar-refractivity contribution < 1.29 is 19.1 Å². The van der Waals surface area contributed by atoms with Crippen molar-refractivity contribution in [1.29, 1.82) is 0 Å². The monoisotopic (exact) mass is 368 g/mol. The number of benzene rings is 2. The van der Waals surface area contributed by atoms with E-state index in [9.17, 15) is 9.59 Å². The molecule has 1 saturated carbocycles. The lowest BCUT2D eigenvalue weighted by molar-refractivity contribution is -0.117. The lowest BCUT2D eigenvalue weighted by Crippen LogP contribution is -2.14. The van der Waals surface area contributed by atoms with E-state index in [1.807, 2.05) is 12.1 Å². The summed E-state index contributed by atoms with van der Waals surface area (Å²) in [5.74, 6) is 1.56. The minimum Gasteiger partial charge on any atom is -0.497 e. The van der Waals surface area contributed by atoms with E-state index in [4.69, 9.17) is 9.47 Å². The molecule has 0 aliphatic heterocycles. The summed E-state index contributed by atoms with van der Waals surface area (Å²) in [6, 6.07) is 12.8. The van der Waals surface area contributed by atoms with Gasteiger partial charge in [-0.05, 0) is 61.2 Å². The molecule has 0 aromatic heterocycles. The van der Waals surface area contributed by atoms with Crippen molar-refractivity contribution in [1.82, 2.24) is 0 Å². The number of ether oxygens (including phenoxy) is 2. The fraction of sp³-hybridized carbons (Fsp3) is 0.333. The van der Waals surface area contributed by atoms with Gasteiger partial charge in [-0.15, -0.1) is 0 Å². The Bertz CT molecular complexity index is 791. The summed E-state index contributed by atoms with van der Waals surface area (Å²) in [5.41, 5.74) is 2.42. The van der Waals surface area contributed by atoms with Gasteiger partial charge in [0.1, 0.15) is 11.5 Å². The van der Waals surface area contributed by atoms with E-state index >= 15 is 0 Å². The molecular weight excluding hydrogens is 344 g/mol. The van der Waals surface area contributed by atoms with Gasteiger partial charge in [-0.2, -0.15) is 0 Å². The highest BCUT2D eigenvalue weighted by molar-refractivity contribution is 5.95. The Morgan fingerprint density at radius 1 is 0.926 bits per heavy atom. The Morgan fingerprint density at radius 3 is 2.00 bits per heavy atom. The summed E-state index contributed by atoms with van der Waals surface area (Å²) >= 11 is 0. The van der Waals surface area contributed by atoms with Crippen LogP contribution in [0.25, 0.3) is 0 Å². The maximum absolute atomic E-state index is 12.2. The first-order valence-corrected chi connectivity index (χ1v) is 9.00. The molecular formula is C21H24N2O4. The van der Waals surface area contributed by atoms with Gasteiger partial charge in [0.05, 0.1) is 14.2 Å². The van der Waals surface area contributed by atoms with Crippen LogP contribution in [0.5, 0.6) is 11.5 Å². The molecule has 2 aromatic carbocycles. The zero-order valence-electron chi connectivity index (χ0n) is 15.6. The average molecular weight is 368 g/mol. The molecule has 0 bridgehead atoms. The summed E-state index contributed by atoms with van der Waals surface area (Å²) in [7, 11) is 3.20. The molecule has 2 amide bonds. The molecule has 6 heteroatoms. The minimum atomic E-state index is -0.0773. The Labute approximate surface area is 158 Å². The molecule has 0 heterocycles. The third-order valence-corrected chi connectivity index (χ3v) is 4.44. The van der Waals surface area contributed by atoms with Crippen molar-refractivity contribution >= 4 is 23.2 Å². The van der Waals surface area contributed by atoms with Crippen LogP contribution in [0, 0.1) is 5.92 Å². The Kier molecular flexibility index (Phi) is 5.96. The molecule has 1 fully saturated rings. The highest BCUT2D eigenvalue weighted by Crippen LogP contribution is 2.30. The molecule has 0 spiro atoms. The molecule has 0 atom stereocenters. The number of hydrogen-bond donors (Lipinski definition) is 2. The lowest BCUT2D eigenvalue weighted by Gasteiger charge is -2.09. The topological polar surface area (TPSA) is 76.7 Å². The quantitative estimate of drug-likeness (QED) is 0.746. The van der Waals surface area contributed by atoms with E-state index in [2.05, 4.69) is 10.6 Å². The number of amides is 2. The fourth-order valence-electron chi connectivity index (χ4n) is 2.72. The van der Waals surface area contributed by atoms with Crippen molar-refractivity contribution in [2.24, 2.45) is 5.92 Å². The van der Waals surface area contributed by atoms with Crippen molar-refractivity contribution in [3.8, 4) is 11.5 Å². The Balaban J connectivity index is 1.51. The number of nitrogens with one attached hydrogen (secondary N) is 2. The van der Waals surface area contributed by atoms with Crippen LogP contribution in [0.3, 0.4) is 0 Å². The zero-order valence-corrected chi connectivity index (χ0v) is 15.6. The molecule has 1 aliphatic rings. The average Bonchev–Trinajstić information content (AvgIpc) is 3.53. The second kappa shape index (κ2) is 8.58. The molecule has 142 valence electrons. The number of anilines is 2. The summed E-state index contributed by atoms with van der Waals surface area (Å²) in [6.07, 6.45) is 2.86. The molecule has 1 aliphatic carbocycles. The Morgan fingerprint density at radius 2 is 1.48 bits per heavy atom. The van der Waals surface area contributed by atoms with Crippen LogP contribution in [-0.4, -0.2) is 26.0 Å². The van der Waals surface area contributed by atoms with Crippen LogP contribution in [-0.2, 0) is 16.0 Å². The van der Waals surface area contributed by atoms with Crippen LogP contribution in [0.15, 0.2) is 42.5 Å². The number of hydrogen-bond acceptors (Lipinski definition) is 4. The highest BCUT2D eigenvalue weighted by Gasteiger charge is 2.29. The minimum absolute atomic E-state index is 0.0699. The molecule has 0 saturated heterocycles. The predicted octanol–water partition coefficient (Wildman–Crippen LogP) is 3.62. The van der Waals surface area contributed by atoms with Gasteiger partial charge in [0.15, 0.2) is 0 Å². The summed E-state index contributed by atoms with van der Waals surface area (Å²) in [4.78, 5) is 24.0. The molecule has 6 nitrogen and oxygen atoms in total. The number of aryl methyl sites for hydroxylation is 1. The lowest BCUT2D eigenvalue weighted by atomic mass is 10.1. The smallest absolute Gasteiger partial charge is 0.227 e. The molecule has 3 rings (SSSR count). The van der Waals surface area contributed by atoms with Gasteiger partial charge in [0.2, 0.25) is 11.8 Å². The standard InChI is InChI=1S/C21H24N2O4/c1-26-18-11-14(12-19(13-18)27-2)3-10-20(24)22-16-6-8-17(9-7-16)23-21(25)15-4-5-15/h6-9,11-13,15H,3-5,10H2,1-2H3,(H,22,24)(H,23,25). The van der Waals surface area contributed by atoms with E-state index in [0.717, 1.165) is 24.1 Å². The van der Waals surface area contributed by atoms with Gasteiger partial charge < -0.3 is 20.1 Å². The molecule has 27 heavy (non-hydrogen) atoms. The fourth-order valence-corrected chi connectivity index (χ4v) is 2.72. The van der Waals surface area contributed by atoms with E-state index in [0.29, 0.717) is 30.0 Å². The van der Waals surface area contributed by atoms with Crippen molar-refractivity contribution in [2.75, 3.05) is 24.9 Å². The molecule has 2 N–H and O–H groups in total. The largest absolute Gasteiger partial charge is 0.497 e. The number of rotatable bonds is 8. The molecule has 2 aromatic rings. The van der Waals surface area contributed by atoms with Crippen molar-refractivity contribution in [3.05, 3.63) is 48.0 Å². The first kappa shape index (κ1) is 18.8. The van der Waals surface area contributed by atoms with Crippen molar-refractivity contribution in [2.45, 2.75) is 25.7 Å². The zero-order chi connectivity index (χ0) is 19.2. The molecule has 0 radical (unpaired) electrons. The van der Waals surface area contributed by atoms with E-state index < -0.39 is 0 Å². The van der Waals surface area contributed by atoms with Gasteiger partial charge in [-0.25, -0.2) is 0 Å². The third-order valence-electron chi connectivity index (χ3n) is 4.44. The van der Waals surface area contributed by atoms with Gasteiger partial charge >= 0.3 is 0 Å². The Hall–Kier alpha value is -3.02. The van der Waals surface area contributed by atoms with Crippen LogP contribution < -0.4 is 20.1 Å². The maximum Gasteiger partial charge on any atom is 0.227 e. The first-order chi connectivity index (χ1) is 13.1. The van der Waals surface area contributed by atoms with Gasteiger partial charge in [0, 0.05) is 29.8 Å². The highest BCUT2D eigenvalue weighted by atomic mass is 16.5. The van der Waals surface area contributed by atoms with Gasteiger partial charge in [0.25, 0.3) is 0 Å². The number of carbonyl (C=O) groups is 2. The summed E-state index contributed by atoms with van der Waals surface area (Å²) in [5, 5.41) is 5.75. The molecule has 0 unspecified atom stereocenters. The van der Waals surface area contributed by atoms with E-state index in [1.54, 1.807) is 44.6 Å². The van der Waals surface area contributed by atoms with Crippen LogP contribution >= 0.6 is 0 Å². The predicted molar refractivity (Wildman–Crippen MR) is 104 cm³/mol. The maximum atomic E-state index is 12.2. The SMILES string of the molecule is COc1cc(CCC(=O)Nc2ccc(NC(=O)C3CC3)cc2)cc(OC)c1.